The van der Waals surface area contributed by atoms with Crippen molar-refractivity contribution in [3.63, 3.8) is 0 Å². The summed E-state index contributed by atoms with van der Waals surface area (Å²) in [7, 11) is 0. The van der Waals surface area contributed by atoms with E-state index in [4.69, 9.17) is 5.11 Å². The van der Waals surface area contributed by atoms with Crippen LogP contribution in [0.5, 0.6) is 0 Å². The van der Waals surface area contributed by atoms with Gasteiger partial charge in [0.15, 0.2) is 11.6 Å². The minimum Gasteiger partial charge on any atom is -0.478 e. The molecule has 2 fully saturated rings. The van der Waals surface area contributed by atoms with Crippen molar-refractivity contribution in [2.24, 2.45) is 17.8 Å². The Bertz CT molecular complexity index is 611. The fourth-order valence-corrected chi connectivity index (χ4v) is 3.16. The summed E-state index contributed by atoms with van der Waals surface area (Å²) in [5.74, 6) is -1.48. The Kier molecular flexibility index (Phi) is 3.91. The molecular formula is C14H14F4N2O3. The molecular weight excluding hydrogens is 320 g/mol. The normalized spacial score (nSPS) is 26.3. The van der Waals surface area contributed by atoms with E-state index in [1.165, 1.54) is 0 Å². The molecule has 9 heteroatoms. The van der Waals surface area contributed by atoms with Crippen molar-refractivity contribution in [1.29, 1.82) is 0 Å². The predicted octanol–water partition coefficient (Wildman–Crippen LogP) is 2.18. The Morgan fingerprint density at radius 3 is 2.57 bits per heavy atom. The number of piperidine rings is 1. The number of carboxylic acids is 1. The van der Waals surface area contributed by atoms with Crippen molar-refractivity contribution in [2.75, 3.05) is 31.2 Å². The number of halogens is 4. The Morgan fingerprint density at radius 2 is 2.04 bits per heavy atom. The van der Waals surface area contributed by atoms with Gasteiger partial charge >= 0.3 is 12.1 Å². The number of aromatic carboxylic acids is 1. The molecule has 1 aromatic rings. The van der Waals surface area contributed by atoms with Gasteiger partial charge in [-0.1, -0.05) is 0 Å². The summed E-state index contributed by atoms with van der Waals surface area (Å²) < 4.78 is 54.6. The molecule has 5 nitrogen and oxygen atoms in total. The van der Waals surface area contributed by atoms with E-state index in [2.05, 4.69) is 9.72 Å². The second kappa shape index (κ2) is 5.63. The van der Waals surface area contributed by atoms with E-state index >= 15 is 0 Å². The number of hydrogen-bond acceptors (Lipinski definition) is 4. The average Bonchev–Trinajstić information content (AvgIpc) is 2.91. The summed E-state index contributed by atoms with van der Waals surface area (Å²) in [6, 6.07) is 0.915. The second-order valence-electron chi connectivity index (χ2n) is 5.86. The number of aromatic nitrogens is 1. The summed E-state index contributed by atoms with van der Waals surface area (Å²) in [5, 5.41) is 8.77. The Balaban J connectivity index is 1.53. The molecule has 23 heavy (non-hydrogen) atoms. The molecule has 1 aromatic heterocycles. The molecule has 2 aliphatic rings. The average molecular weight is 334 g/mol. The van der Waals surface area contributed by atoms with Crippen LogP contribution in [0.15, 0.2) is 12.3 Å². The third-order valence-corrected chi connectivity index (χ3v) is 4.32. The minimum atomic E-state index is -4.32. The summed E-state index contributed by atoms with van der Waals surface area (Å²) in [5.41, 5.74) is -0.228. The lowest BCUT2D eigenvalue weighted by Crippen LogP contribution is -2.27. The molecule has 1 N–H and O–H groups in total. The number of fused-ring (bicyclic) bond motifs is 1. The van der Waals surface area contributed by atoms with Gasteiger partial charge in [0.2, 0.25) is 0 Å². The largest absolute Gasteiger partial charge is 0.478 e. The maximum atomic E-state index is 13.9. The molecule has 2 heterocycles. The van der Waals surface area contributed by atoms with Gasteiger partial charge in [-0.2, -0.15) is 13.2 Å². The first kappa shape index (κ1) is 16.0. The van der Waals surface area contributed by atoms with Crippen LogP contribution in [0, 0.1) is 23.6 Å². The first-order valence-corrected chi connectivity index (χ1v) is 7.04. The molecule has 0 spiro atoms. The topological polar surface area (TPSA) is 62.7 Å². The second-order valence-corrected chi connectivity index (χ2v) is 5.86. The highest BCUT2D eigenvalue weighted by molar-refractivity contribution is 5.87. The van der Waals surface area contributed by atoms with Crippen LogP contribution in [0.4, 0.5) is 23.4 Å². The number of ether oxygens (including phenoxy) is 1. The SMILES string of the molecule is O=C(O)c1cnc(N2CC3C(COCC(F)(F)F)C3C2)c(F)c1. The zero-order chi connectivity index (χ0) is 16.8. The van der Waals surface area contributed by atoms with Crippen LogP contribution in [0.25, 0.3) is 0 Å². The Hall–Kier alpha value is -1.90. The van der Waals surface area contributed by atoms with Crippen LogP contribution in [0.2, 0.25) is 0 Å². The number of anilines is 1. The third kappa shape index (κ3) is 3.39. The van der Waals surface area contributed by atoms with Gasteiger partial charge in [0.25, 0.3) is 0 Å². The van der Waals surface area contributed by atoms with Gasteiger partial charge in [-0.15, -0.1) is 0 Å². The van der Waals surface area contributed by atoms with Crippen LogP contribution in [0.3, 0.4) is 0 Å². The summed E-state index contributed by atoms with van der Waals surface area (Å²) in [4.78, 5) is 16.3. The van der Waals surface area contributed by atoms with Crippen LogP contribution in [-0.2, 0) is 4.74 Å². The van der Waals surface area contributed by atoms with Crippen molar-refractivity contribution in [3.8, 4) is 0 Å². The van der Waals surface area contributed by atoms with Crippen molar-refractivity contribution in [3.05, 3.63) is 23.6 Å². The summed E-state index contributed by atoms with van der Waals surface area (Å²) >= 11 is 0. The molecule has 1 aliphatic carbocycles. The fourth-order valence-electron chi connectivity index (χ4n) is 3.16. The number of hydrogen-bond donors (Lipinski definition) is 1. The number of carbonyl (C=O) groups is 1. The molecule has 0 radical (unpaired) electrons. The van der Waals surface area contributed by atoms with E-state index in [-0.39, 0.29) is 35.7 Å². The lowest BCUT2D eigenvalue weighted by atomic mass is 10.2. The van der Waals surface area contributed by atoms with Gasteiger partial charge in [0, 0.05) is 19.3 Å². The monoisotopic (exact) mass is 334 g/mol. The van der Waals surface area contributed by atoms with Crippen molar-refractivity contribution >= 4 is 11.8 Å². The minimum absolute atomic E-state index is 0.0521. The number of nitrogens with zero attached hydrogens (tertiary/aromatic N) is 2. The molecule has 3 rings (SSSR count). The van der Waals surface area contributed by atoms with E-state index in [9.17, 15) is 22.4 Å². The first-order valence-electron chi connectivity index (χ1n) is 7.04. The smallest absolute Gasteiger partial charge is 0.411 e. The zero-order valence-electron chi connectivity index (χ0n) is 11.9. The molecule has 0 aromatic carbocycles. The molecule has 2 unspecified atom stereocenters. The maximum absolute atomic E-state index is 13.9. The molecule has 126 valence electrons. The van der Waals surface area contributed by atoms with Crippen molar-refractivity contribution < 1.29 is 32.2 Å². The fraction of sp³-hybridized carbons (Fsp3) is 0.571. The number of alkyl halides is 3. The molecule has 0 bridgehead atoms. The molecule has 1 saturated carbocycles. The molecule has 1 aliphatic heterocycles. The Morgan fingerprint density at radius 1 is 1.39 bits per heavy atom. The molecule has 2 atom stereocenters. The van der Waals surface area contributed by atoms with Gasteiger partial charge in [-0.05, 0) is 23.8 Å². The highest BCUT2D eigenvalue weighted by atomic mass is 19.4. The van der Waals surface area contributed by atoms with E-state index in [0.717, 1.165) is 12.3 Å². The quantitative estimate of drug-likeness (QED) is 0.837. The van der Waals surface area contributed by atoms with Gasteiger partial charge in [0.05, 0.1) is 12.2 Å². The summed E-state index contributed by atoms with van der Waals surface area (Å²) in [6.45, 7) is -0.224. The van der Waals surface area contributed by atoms with Crippen molar-refractivity contribution in [1.82, 2.24) is 4.98 Å². The van der Waals surface area contributed by atoms with Crippen LogP contribution >= 0.6 is 0 Å². The standard InChI is InChI=1S/C14H14F4N2O3/c15-11-1-7(13(21)22)2-19-12(11)20-3-8-9(4-20)10(8)5-23-6-14(16,17)18/h1-2,8-10H,3-6H2,(H,21,22). The van der Waals surface area contributed by atoms with Gasteiger partial charge in [0.1, 0.15) is 6.61 Å². The van der Waals surface area contributed by atoms with Gasteiger partial charge in [-0.3, -0.25) is 0 Å². The predicted molar refractivity (Wildman–Crippen MR) is 70.7 cm³/mol. The Labute approximate surface area is 128 Å². The number of rotatable bonds is 5. The van der Waals surface area contributed by atoms with Crippen LogP contribution < -0.4 is 4.90 Å². The molecule has 0 amide bonds. The molecule has 1 saturated heterocycles. The highest BCUT2D eigenvalue weighted by Gasteiger charge is 2.56. The van der Waals surface area contributed by atoms with Gasteiger partial charge < -0.3 is 14.7 Å². The van der Waals surface area contributed by atoms with E-state index in [1.807, 2.05) is 0 Å². The first-order chi connectivity index (χ1) is 10.8. The maximum Gasteiger partial charge on any atom is 0.411 e. The van der Waals surface area contributed by atoms with E-state index in [0.29, 0.717) is 13.1 Å². The zero-order valence-corrected chi connectivity index (χ0v) is 11.9. The number of pyridine rings is 1. The van der Waals surface area contributed by atoms with Crippen LogP contribution in [0.1, 0.15) is 10.4 Å². The third-order valence-electron chi connectivity index (χ3n) is 4.32. The van der Waals surface area contributed by atoms with E-state index < -0.39 is 24.6 Å². The highest BCUT2D eigenvalue weighted by Crippen LogP contribution is 2.52. The van der Waals surface area contributed by atoms with Crippen LogP contribution in [-0.4, -0.2) is 48.5 Å². The summed E-state index contributed by atoms with van der Waals surface area (Å²) in [6.07, 6.45) is -3.23. The lowest BCUT2D eigenvalue weighted by Gasteiger charge is -2.21. The van der Waals surface area contributed by atoms with Gasteiger partial charge in [-0.25, -0.2) is 14.2 Å². The number of carboxylic acid groups (broad SMARTS) is 1. The lowest BCUT2D eigenvalue weighted by molar-refractivity contribution is -0.175. The van der Waals surface area contributed by atoms with Crippen molar-refractivity contribution in [2.45, 2.75) is 6.18 Å². The van der Waals surface area contributed by atoms with E-state index in [1.54, 1.807) is 4.90 Å².